The number of fused-ring (bicyclic) bond motifs is 1. The van der Waals surface area contributed by atoms with Gasteiger partial charge in [0.15, 0.2) is 0 Å². The lowest BCUT2D eigenvalue weighted by Crippen LogP contribution is -2.37. The van der Waals surface area contributed by atoms with Crippen LogP contribution in [0.2, 0.25) is 0 Å². The van der Waals surface area contributed by atoms with Crippen molar-refractivity contribution in [2.24, 2.45) is 0 Å². The van der Waals surface area contributed by atoms with Crippen LogP contribution in [0, 0.1) is 0 Å². The van der Waals surface area contributed by atoms with Crippen molar-refractivity contribution in [1.82, 2.24) is 5.32 Å². The van der Waals surface area contributed by atoms with Gasteiger partial charge in [0, 0.05) is 6.54 Å². The highest BCUT2D eigenvalue weighted by molar-refractivity contribution is 5.41. The molecule has 1 aliphatic carbocycles. The Morgan fingerprint density at radius 2 is 2.06 bits per heavy atom. The molecule has 1 aromatic rings. The van der Waals surface area contributed by atoms with Crippen LogP contribution >= 0.6 is 0 Å². The molecule has 3 rings (SSSR count). The van der Waals surface area contributed by atoms with Crippen molar-refractivity contribution in [3.05, 3.63) is 29.3 Å². The van der Waals surface area contributed by atoms with Crippen molar-refractivity contribution in [3.63, 3.8) is 0 Å². The molecule has 0 aromatic heterocycles. The lowest BCUT2D eigenvalue weighted by Gasteiger charge is -2.27. The van der Waals surface area contributed by atoms with Gasteiger partial charge in [-0.05, 0) is 62.3 Å². The van der Waals surface area contributed by atoms with Gasteiger partial charge in [-0.2, -0.15) is 0 Å². The molecule has 2 aliphatic rings. The Morgan fingerprint density at radius 1 is 1.12 bits per heavy atom. The molecule has 1 saturated heterocycles. The van der Waals surface area contributed by atoms with Crippen LogP contribution in [0.25, 0.3) is 0 Å². The summed E-state index contributed by atoms with van der Waals surface area (Å²) < 4.78 is 6.19. The standard InChI is InChI=1S/C15H21NO/c1-2-8-14-12(5-1)6-3-9-15(14)17-13-7-4-10-16-11-13/h3,6,9,13,16H,1-2,4-5,7-8,10-11H2/t13-/m1/s1. The van der Waals surface area contributed by atoms with Crippen LogP contribution in [0.1, 0.15) is 36.8 Å². The normalized spacial score (nSPS) is 24.1. The predicted molar refractivity (Wildman–Crippen MR) is 69.6 cm³/mol. The summed E-state index contributed by atoms with van der Waals surface area (Å²) in [4.78, 5) is 0. The summed E-state index contributed by atoms with van der Waals surface area (Å²) in [6, 6.07) is 6.56. The van der Waals surface area contributed by atoms with Crippen LogP contribution in [0.5, 0.6) is 5.75 Å². The van der Waals surface area contributed by atoms with Crippen molar-refractivity contribution in [3.8, 4) is 5.75 Å². The fourth-order valence-electron chi connectivity index (χ4n) is 2.96. The zero-order valence-electron chi connectivity index (χ0n) is 10.4. The number of aryl methyl sites for hydroxylation is 1. The highest BCUT2D eigenvalue weighted by Crippen LogP contribution is 2.30. The number of ether oxygens (including phenoxy) is 1. The lowest BCUT2D eigenvalue weighted by atomic mass is 9.91. The number of hydrogen-bond donors (Lipinski definition) is 1. The molecule has 0 amide bonds. The molecule has 1 aliphatic heterocycles. The van der Waals surface area contributed by atoms with Gasteiger partial charge < -0.3 is 10.1 Å². The Morgan fingerprint density at radius 3 is 2.94 bits per heavy atom. The molecular weight excluding hydrogens is 210 g/mol. The Labute approximate surface area is 103 Å². The highest BCUT2D eigenvalue weighted by Gasteiger charge is 2.18. The van der Waals surface area contributed by atoms with E-state index in [4.69, 9.17) is 4.74 Å². The van der Waals surface area contributed by atoms with Gasteiger partial charge in [0.25, 0.3) is 0 Å². The summed E-state index contributed by atoms with van der Waals surface area (Å²) in [5.74, 6) is 1.15. The maximum atomic E-state index is 6.19. The van der Waals surface area contributed by atoms with E-state index in [1.807, 2.05) is 0 Å². The van der Waals surface area contributed by atoms with Gasteiger partial charge in [-0.25, -0.2) is 0 Å². The molecule has 0 bridgehead atoms. The van der Waals surface area contributed by atoms with E-state index in [2.05, 4.69) is 23.5 Å². The second-order valence-corrected chi connectivity index (χ2v) is 5.19. The summed E-state index contributed by atoms with van der Waals surface area (Å²) >= 11 is 0. The second-order valence-electron chi connectivity index (χ2n) is 5.19. The maximum absolute atomic E-state index is 6.19. The van der Waals surface area contributed by atoms with Crippen LogP contribution in [-0.4, -0.2) is 19.2 Å². The van der Waals surface area contributed by atoms with E-state index < -0.39 is 0 Å². The Kier molecular flexibility index (Phi) is 3.32. The van der Waals surface area contributed by atoms with Gasteiger partial charge >= 0.3 is 0 Å². The molecule has 0 unspecified atom stereocenters. The SMILES string of the molecule is c1cc2c(c(O[C@@H]3CCCNC3)c1)CCCC2. The van der Waals surface area contributed by atoms with Gasteiger partial charge in [-0.15, -0.1) is 0 Å². The van der Waals surface area contributed by atoms with E-state index in [9.17, 15) is 0 Å². The molecule has 1 atom stereocenters. The summed E-state index contributed by atoms with van der Waals surface area (Å²) in [6.07, 6.45) is 7.88. The van der Waals surface area contributed by atoms with E-state index in [0.29, 0.717) is 6.10 Å². The van der Waals surface area contributed by atoms with E-state index in [1.165, 1.54) is 49.7 Å². The van der Waals surface area contributed by atoms with E-state index in [0.717, 1.165) is 18.8 Å². The average Bonchev–Trinajstić information content (AvgIpc) is 2.40. The molecule has 1 aromatic carbocycles. The third-order valence-electron chi connectivity index (χ3n) is 3.90. The lowest BCUT2D eigenvalue weighted by molar-refractivity contribution is 0.165. The van der Waals surface area contributed by atoms with E-state index in [1.54, 1.807) is 0 Å². The summed E-state index contributed by atoms with van der Waals surface area (Å²) in [5.41, 5.74) is 2.99. The number of benzene rings is 1. The zero-order chi connectivity index (χ0) is 11.5. The largest absolute Gasteiger partial charge is 0.489 e. The number of hydrogen-bond acceptors (Lipinski definition) is 2. The molecule has 17 heavy (non-hydrogen) atoms. The van der Waals surface area contributed by atoms with Crippen molar-refractivity contribution >= 4 is 0 Å². The van der Waals surface area contributed by atoms with Crippen LogP contribution < -0.4 is 10.1 Å². The number of rotatable bonds is 2. The molecule has 0 spiro atoms. The maximum Gasteiger partial charge on any atom is 0.123 e. The Hall–Kier alpha value is -1.02. The average molecular weight is 231 g/mol. The molecule has 1 heterocycles. The van der Waals surface area contributed by atoms with Gasteiger partial charge in [-0.3, -0.25) is 0 Å². The molecule has 0 saturated carbocycles. The Bertz CT molecular complexity index is 383. The van der Waals surface area contributed by atoms with Crippen molar-refractivity contribution in [1.29, 1.82) is 0 Å². The summed E-state index contributed by atoms with van der Waals surface area (Å²) in [7, 11) is 0. The first-order valence-electron chi connectivity index (χ1n) is 6.91. The molecular formula is C15H21NO. The van der Waals surface area contributed by atoms with Crippen molar-refractivity contribution in [2.75, 3.05) is 13.1 Å². The smallest absolute Gasteiger partial charge is 0.123 e. The van der Waals surface area contributed by atoms with Crippen molar-refractivity contribution < 1.29 is 4.74 Å². The molecule has 2 nitrogen and oxygen atoms in total. The van der Waals surface area contributed by atoms with Crippen LogP contribution in [0.3, 0.4) is 0 Å². The van der Waals surface area contributed by atoms with Gasteiger partial charge in [-0.1, -0.05) is 12.1 Å². The van der Waals surface area contributed by atoms with Gasteiger partial charge in [0.2, 0.25) is 0 Å². The first kappa shape index (κ1) is 11.1. The van der Waals surface area contributed by atoms with Crippen LogP contribution in [0.4, 0.5) is 0 Å². The minimum atomic E-state index is 0.372. The predicted octanol–water partition coefficient (Wildman–Crippen LogP) is 2.70. The van der Waals surface area contributed by atoms with Crippen molar-refractivity contribution in [2.45, 2.75) is 44.6 Å². The molecule has 1 N–H and O–H groups in total. The second kappa shape index (κ2) is 5.09. The highest BCUT2D eigenvalue weighted by atomic mass is 16.5. The number of piperidine rings is 1. The third-order valence-corrected chi connectivity index (χ3v) is 3.90. The monoisotopic (exact) mass is 231 g/mol. The summed E-state index contributed by atoms with van der Waals surface area (Å²) in [5, 5.41) is 3.41. The van der Waals surface area contributed by atoms with E-state index >= 15 is 0 Å². The fourth-order valence-corrected chi connectivity index (χ4v) is 2.96. The van der Waals surface area contributed by atoms with Gasteiger partial charge in [0.1, 0.15) is 11.9 Å². The fraction of sp³-hybridized carbons (Fsp3) is 0.600. The zero-order valence-corrected chi connectivity index (χ0v) is 10.4. The molecule has 1 fully saturated rings. The molecule has 92 valence electrons. The van der Waals surface area contributed by atoms with Gasteiger partial charge in [0.05, 0.1) is 0 Å². The summed E-state index contributed by atoms with van der Waals surface area (Å²) in [6.45, 7) is 2.15. The third kappa shape index (κ3) is 2.47. The Balaban J connectivity index is 1.77. The minimum absolute atomic E-state index is 0.372. The topological polar surface area (TPSA) is 21.3 Å². The number of nitrogens with one attached hydrogen (secondary N) is 1. The minimum Gasteiger partial charge on any atom is -0.489 e. The van der Waals surface area contributed by atoms with Crippen LogP contribution in [0.15, 0.2) is 18.2 Å². The van der Waals surface area contributed by atoms with Crippen LogP contribution in [-0.2, 0) is 12.8 Å². The molecule has 2 heteroatoms. The van der Waals surface area contributed by atoms with E-state index in [-0.39, 0.29) is 0 Å². The quantitative estimate of drug-likeness (QED) is 0.845. The molecule has 0 radical (unpaired) electrons. The first-order valence-corrected chi connectivity index (χ1v) is 6.91. The first-order chi connectivity index (χ1) is 8.43.